The molecule has 1 N–H and O–H groups in total. The average Bonchev–Trinajstić information content (AvgIpc) is 3.30. The molecule has 25 heavy (non-hydrogen) atoms. The molecule has 3 aromatic rings. The molecule has 0 unspecified atom stereocenters. The fourth-order valence-corrected chi connectivity index (χ4v) is 2.59. The maximum absolute atomic E-state index is 12.1. The van der Waals surface area contributed by atoms with E-state index >= 15 is 0 Å². The van der Waals surface area contributed by atoms with Gasteiger partial charge in [0.25, 0.3) is 0 Å². The van der Waals surface area contributed by atoms with Crippen LogP contribution in [0.2, 0.25) is 0 Å². The molecule has 2 heterocycles. The van der Waals surface area contributed by atoms with E-state index in [9.17, 15) is 4.79 Å². The first-order valence-electron chi connectivity index (χ1n) is 7.93. The predicted octanol–water partition coefficient (Wildman–Crippen LogP) is 2.93. The number of carbonyl (C=O) groups is 1. The average molecular weight is 336 g/mol. The lowest BCUT2D eigenvalue weighted by atomic mass is 10.1. The van der Waals surface area contributed by atoms with E-state index in [2.05, 4.69) is 10.3 Å². The molecule has 6 nitrogen and oxygen atoms in total. The Bertz CT molecular complexity index is 889. The van der Waals surface area contributed by atoms with Crippen LogP contribution in [0.1, 0.15) is 11.3 Å². The second-order valence-corrected chi connectivity index (χ2v) is 5.65. The molecule has 1 amide bonds. The number of nitrogens with zero attached hydrogens (tertiary/aromatic N) is 1. The number of amides is 1. The standard InChI is InChI=1S/C19H16N2O4/c22-18(9-13-6-7-16-17(8-13)25-12-24-16)20-10-15-11-23-19(21-15)14-4-2-1-3-5-14/h1-8,11H,9-10,12H2,(H,20,22). The van der Waals surface area contributed by atoms with Crippen molar-refractivity contribution in [2.45, 2.75) is 13.0 Å². The minimum atomic E-state index is -0.0943. The molecule has 0 saturated heterocycles. The highest BCUT2D eigenvalue weighted by Crippen LogP contribution is 2.32. The van der Waals surface area contributed by atoms with Crippen molar-refractivity contribution in [3.63, 3.8) is 0 Å². The maximum atomic E-state index is 12.1. The summed E-state index contributed by atoms with van der Waals surface area (Å²) in [7, 11) is 0. The number of oxazole rings is 1. The summed E-state index contributed by atoms with van der Waals surface area (Å²) in [5, 5.41) is 2.85. The van der Waals surface area contributed by atoms with E-state index in [1.807, 2.05) is 48.5 Å². The van der Waals surface area contributed by atoms with E-state index in [1.54, 1.807) is 6.26 Å². The van der Waals surface area contributed by atoms with Gasteiger partial charge in [0.1, 0.15) is 6.26 Å². The molecule has 4 rings (SSSR count). The molecule has 1 aliphatic heterocycles. The molecule has 0 saturated carbocycles. The number of hydrogen-bond acceptors (Lipinski definition) is 5. The molecule has 2 aromatic carbocycles. The summed E-state index contributed by atoms with van der Waals surface area (Å²) >= 11 is 0. The van der Waals surface area contributed by atoms with Crippen molar-refractivity contribution in [3.8, 4) is 23.0 Å². The van der Waals surface area contributed by atoms with E-state index in [1.165, 1.54) is 0 Å². The molecule has 0 fully saturated rings. The number of aromatic nitrogens is 1. The largest absolute Gasteiger partial charge is 0.454 e. The third-order valence-corrected chi connectivity index (χ3v) is 3.84. The van der Waals surface area contributed by atoms with Gasteiger partial charge < -0.3 is 19.2 Å². The highest BCUT2D eigenvalue weighted by Gasteiger charge is 2.14. The molecule has 0 atom stereocenters. The molecule has 6 heteroatoms. The van der Waals surface area contributed by atoms with Crippen LogP contribution in [0.25, 0.3) is 11.5 Å². The summed E-state index contributed by atoms with van der Waals surface area (Å²) in [6.07, 6.45) is 1.82. The molecule has 0 spiro atoms. The number of ether oxygens (including phenoxy) is 2. The Hall–Kier alpha value is -3.28. The molecule has 1 aliphatic rings. The highest BCUT2D eigenvalue weighted by atomic mass is 16.7. The Morgan fingerprint density at radius 1 is 1.08 bits per heavy atom. The van der Waals surface area contributed by atoms with Crippen molar-refractivity contribution >= 4 is 5.91 Å². The second kappa shape index (κ2) is 6.68. The molecule has 0 radical (unpaired) electrons. The van der Waals surface area contributed by atoms with E-state index in [-0.39, 0.29) is 19.1 Å². The third kappa shape index (κ3) is 3.47. The topological polar surface area (TPSA) is 73.6 Å². The van der Waals surface area contributed by atoms with Gasteiger partial charge in [-0.3, -0.25) is 4.79 Å². The van der Waals surface area contributed by atoms with Crippen molar-refractivity contribution in [3.05, 3.63) is 66.1 Å². The number of rotatable bonds is 5. The highest BCUT2D eigenvalue weighted by molar-refractivity contribution is 5.78. The van der Waals surface area contributed by atoms with Gasteiger partial charge in [0, 0.05) is 5.56 Å². The number of hydrogen-bond donors (Lipinski definition) is 1. The first-order valence-corrected chi connectivity index (χ1v) is 7.93. The van der Waals surface area contributed by atoms with E-state index in [0.29, 0.717) is 29.6 Å². The second-order valence-electron chi connectivity index (χ2n) is 5.65. The maximum Gasteiger partial charge on any atom is 0.231 e. The third-order valence-electron chi connectivity index (χ3n) is 3.84. The summed E-state index contributed by atoms with van der Waals surface area (Å²) < 4.78 is 16.0. The summed E-state index contributed by atoms with van der Waals surface area (Å²) in [5.41, 5.74) is 2.45. The van der Waals surface area contributed by atoms with Crippen LogP contribution in [-0.2, 0) is 17.8 Å². The Morgan fingerprint density at radius 3 is 2.80 bits per heavy atom. The van der Waals surface area contributed by atoms with E-state index in [0.717, 1.165) is 11.1 Å². The number of fused-ring (bicyclic) bond motifs is 1. The van der Waals surface area contributed by atoms with Crippen molar-refractivity contribution in [1.29, 1.82) is 0 Å². The summed E-state index contributed by atoms with van der Waals surface area (Å²) in [4.78, 5) is 16.5. The van der Waals surface area contributed by atoms with Crippen LogP contribution in [0.4, 0.5) is 0 Å². The molecule has 126 valence electrons. The minimum absolute atomic E-state index is 0.0943. The van der Waals surface area contributed by atoms with Gasteiger partial charge in [-0.05, 0) is 29.8 Å². The normalized spacial score (nSPS) is 12.2. The van der Waals surface area contributed by atoms with Crippen LogP contribution in [-0.4, -0.2) is 17.7 Å². The van der Waals surface area contributed by atoms with Crippen LogP contribution in [0.5, 0.6) is 11.5 Å². The zero-order valence-corrected chi connectivity index (χ0v) is 13.4. The zero-order chi connectivity index (χ0) is 17.1. The summed E-state index contributed by atoms with van der Waals surface area (Å²) in [5.74, 6) is 1.83. The smallest absolute Gasteiger partial charge is 0.231 e. The van der Waals surface area contributed by atoms with Crippen LogP contribution in [0, 0.1) is 0 Å². The van der Waals surface area contributed by atoms with Crippen molar-refractivity contribution in [2.24, 2.45) is 0 Å². The molecular weight excluding hydrogens is 320 g/mol. The monoisotopic (exact) mass is 336 g/mol. The number of benzene rings is 2. The van der Waals surface area contributed by atoms with E-state index in [4.69, 9.17) is 13.9 Å². The molecule has 0 aliphatic carbocycles. The Morgan fingerprint density at radius 2 is 1.92 bits per heavy atom. The quantitative estimate of drug-likeness (QED) is 0.775. The fraction of sp³-hybridized carbons (Fsp3) is 0.158. The Balaban J connectivity index is 1.34. The SMILES string of the molecule is O=C(Cc1ccc2c(c1)OCO2)NCc1coc(-c2ccccc2)n1. The van der Waals surface area contributed by atoms with Crippen molar-refractivity contribution < 1.29 is 18.7 Å². The minimum Gasteiger partial charge on any atom is -0.454 e. The fourth-order valence-electron chi connectivity index (χ4n) is 2.59. The van der Waals surface area contributed by atoms with Gasteiger partial charge in [0.15, 0.2) is 11.5 Å². The first kappa shape index (κ1) is 15.3. The van der Waals surface area contributed by atoms with Crippen LogP contribution < -0.4 is 14.8 Å². The Labute approximate surface area is 144 Å². The van der Waals surface area contributed by atoms with Gasteiger partial charge in [-0.15, -0.1) is 0 Å². The number of carbonyl (C=O) groups excluding carboxylic acids is 1. The van der Waals surface area contributed by atoms with Gasteiger partial charge in [0.2, 0.25) is 18.6 Å². The summed E-state index contributed by atoms with van der Waals surface area (Å²) in [6, 6.07) is 15.1. The van der Waals surface area contributed by atoms with Gasteiger partial charge >= 0.3 is 0 Å². The molecule has 0 bridgehead atoms. The molecule has 1 aromatic heterocycles. The van der Waals surface area contributed by atoms with Crippen molar-refractivity contribution in [1.82, 2.24) is 10.3 Å². The van der Waals surface area contributed by atoms with Crippen LogP contribution >= 0.6 is 0 Å². The van der Waals surface area contributed by atoms with E-state index < -0.39 is 0 Å². The Kier molecular flexibility index (Phi) is 4.08. The first-order chi connectivity index (χ1) is 12.3. The lowest BCUT2D eigenvalue weighted by molar-refractivity contribution is -0.120. The number of nitrogens with one attached hydrogen (secondary N) is 1. The van der Waals surface area contributed by atoms with Crippen LogP contribution in [0.3, 0.4) is 0 Å². The van der Waals surface area contributed by atoms with Gasteiger partial charge in [-0.2, -0.15) is 0 Å². The summed E-state index contributed by atoms with van der Waals surface area (Å²) in [6.45, 7) is 0.542. The predicted molar refractivity (Wildman–Crippen MR) is 90.1 cm³/mol. The van der Waals surface area contributed by atoms with Gasteiger partial charge in [-0.1, -0.05) is 24.3 Å². The van der Waals surface area contributed by atoms with Crippen molar-refractivity contribution in [2.75, 3.05) is 6.79 Å². The van der Waals surface area contributed by atoms with Crippen LogP contribution in [0.15, 0.2) is 59.2 Å². The van der Waals surface area contributed by atoms with Gasteiger partial charge in [-0.25, -0.2) is 4.98 Å². The molecular formula is C19H16N2O4. The lowest BCUT2D eigenvalue weighted by Gasteiger charge is -2.04. The van der Waals surface area contributed by atoms with Gasteiger partial charge in [0.05, 0.1) is 18.7 Å². The zero-order valence-electron chi connectivity index (χ0n) is 13.4. The lowest BCUT2D eigenvalue weighted by Crippen LogP contribution is -2.24.